The lowest BCUT2D eigenvalue weighted by atomic mass is 10.0. The molecule has 0 fully saturated rings. The molecule has 0 aliphatic carbocycles. The summed E-state index contributed by atoms with van der Waals surface area (Å²) >= 11 is 0. The van der Waals surface area contributed by atoms with Crippen LogP contribution in [0.4, 0.5) is 8.78 Å². The molecule has 2 aromatic carbocycles. The van der Waals surface area contributed by atoms with E-state index in [9.17, 15) is 18.4 Å². The molecule has 0 aliphatic heterocycles. The SMILES string of the molecule is COc1ccc(-c2[nH]c3ccccc3c2CCC(=O)NCC(=O)NCC(F)F)cc1. The third kappa shape index (κ3) is 5.34. The number of H-pyrrole nitrogens is 1. The highest BCUT2D eigenvalue weighted by atomic mass is 19.3. The number of alkyl halides is 2. The number of aromatic amines is 1. The third-order valence-corrected chi connectivity index (χ3v) is 4.69. The molecule has 0 saturated heterocycles. The Labute approximate surface area is 172 Å². The zero-order chi connectivity index (χ0) is 21.5. The largest absolute Gasteiger partial charge is 0.497 e. The van der Waals surface area contributed by atoms with Crippen molar-refractivity contribution in [3.05, 3.63) is 54.1 Å². The van der Waals surface area contributed by atoms with Gasteiger partial charge < -0.3 is 20.4 Å². The van der Waals surface area contributed by atoms with Crippen LogP contribution in [0.5, 0.6) is 5.75 Å². The molecule has 0 atom stereocenters. The molecule has 0 bridgehead atoms. The number of methoxy groups -OCH3 is 1. The molecule has 30 heavy (non-hydrogen) atoms. The number of aryl methyl sites for hydroxylation is 1. The van der Waals surface area contributed by atoms with E-state index in [0.29, 0.717) is 6.42 Å². The summed E-state index contributed by atoms with van der Waals surface area (Å²) in [6.45, 7) is -1.06. The molecular weight excluding hydrogens is 392 g/mol. The summed E-state index contributed by atoms with van der Waals surface area (Å²) in [5.74, 6) is -0.219. The molecule has 0 saturated carbocycles. The summed E-state index contributed by atoms with van der Waals surface area (Å²) in [6.07, 6.45) is -2.01. The summed E-state index contributed by atoms with van der Waals surface area (Å²) in [6, 6.07) is 15.5. The van der Waals surface area contributed by atoms with Crippen molar-refractivity contribution in [3.8, 4) is 17.0 Å². The lowest BCUT2D eigenvalue weighted by Gasteiger charge is -2.08. The number of carbonyl (C=O) groups excluding carboxylic acids is 2. The van der Waals surface area contributed by atoms with E-state index in [1.807, 2.05) is 48.5 Å². The molecule has 8 heteroatoms. The maximum atomic E-state index is 12.2. The molecule has 6 nitrogen and oxygen atoms in total. The predicted molar refractivity (Wildman–Crippen MR) is 111 cm³/mol. The molecule has 3 rings (SSSR count). The molecule has 1 aromatic heterocycles. The van der Waals surface area contributed by atoms with Crippen molar-refractivity contribution < 1.29 is 23.1 Å². The lowest BCUT2D eigenvalue weighted by Crippen LogP contribution is -2.38. The summed E-state index contributed by atoms with van der Waals surface area (Å²) in [7, 11) is 1.61. The van der Waals surface area contributed by atoms with Crippen molar-refractivity contribution in [1.82, 2.24) is 15.6 Å². The molecule has 3 aromatic rings. The van der Waals surface area contributed by atoms with Gasteiger partial charge in [0.2, 0.25) is 11.8 Å². The fourth-order valence-corrected chi connectivity index (χ4v) is 3.22. The van der Waals surface area contributed by atoms with E-state index in [2.05, 4.69) is 15.6 Å². The number of nitrogens with one attached hydrogen (secondary N) is 3. The highest BCUT2D eigenvalue weighted by Gasteiger charge is 2.15. The number of fused-ring (bicyclic) bond motifs is 1. The van der Waals surface area contributed by atoms with Gasteiger partial charge in [0.05, 0.1) is 20.2 Å². The average molecular weight is 415 g/mol. The Balaban J connectivity index is 1.70. The lowest BCUT2D eigenvalue weighted by molar-refractivity contribution is -0.126. The Morgan fingerprint density at radius 3 is 2.47 bits per heavy atom. The van der Waals surface area contributed by atoms with Crippen molar-refractivity contribution in [2.24, 2.45) is 0 Å². The van der Waals surface area contributed by atoms with Crippen LogP contribution in [0, 0.1) is 0 Å². The number of hydrogen-bond donors (Lipinski definition) is 3. The molecule has 0 unspecified atom stereocenters. The minimum atomic E-state index is -2.62. The number of aromatic nitrogens is 1. The zero-order valence-corrected chi connectivity index (χ0v) is 16.5. The summed E-state index contributed by atoms with van der Waals surface area (Å²) in [4.78, 5) is 27.1. The van der Waals surface area contributed by atoms with E-state index >= 15 is 0 Å². The maximum absolute atomic E-state index is 12.2. The number of rotatable bonds is 9. The van der Waals surface area contributed by atoms with E-state index in [-0.39, 0.29) is 18.9 Å². The van der Waals surface area contributed by atoms with Crippen LogP contribution in [0.3, 0.4) is 0 Å². The first-order valence-electron chi connectivity index (χ1n) is 9.53. The molecule has 0 spiro atoms. The van der Waals surface area contributed by atoms with Crippen LogP contribution in [0.2, 0.25) is 0 Å². The van der Waals surface area contributed by atoms with Crippen LogP contribution in [-0.2, 0) is 16.0 Å². The van der Waals surface area contributed by atoms with Gasteiger partial charge in [0.1, 0.15) is 5.75 Å². The van der Waals surface area contributed by atoms with Gasteiger partial charge in [0, 0.05) is 23.0 Å². The molecule has 158 valence electrons. The van der Waals surface area contributed by atoms with Crippen LogP contribution >= 0.6 is 0 Å². The van der Waals surface area contributed by atoms with Gasteiger partial charge in [-0.25, -0.2) is 8.78 Å². The predicted octanol–water partition coefficient (Wildman–Crippen LogP) is 3.27. The van der Waals surface area contributed by atoms with Gasteiger partial charge in [-0.1, -0.05) is 18.2 Å². The van der Waals surface area contributed by atoms with E-state index in [0.717, 1.165) is 33.5 Å². The van der Waals surface area contributed by atoms with Gasteiger partial charge in [0.25, 0.3) is 6.43 Å². The van der Waals surface area contributed by atoms with Crippen molar-refractivity contribution in [3.63, 3.8) is 0 Å². The van der Waals surface area contributed by atoms with Gasteiger partial charge in [-0.2, -0.15) is 0 Å². The maximum Gasteiger partial charge on any atom is 0.255 e. The number of amides is 2. The fraction of sp³-hybridized carbons (Fsp3) is 0.273. The van der Waals surface area contributed by atoms with Gasteiger partial charge in [0.15, 0.2) is 0 Å². The van der Waals surface area contributed by atoms with Gasteiger partial charge in [-0.15, -0.1) is 0 Å². The number of carbonyl (C=O) groups is 2. The number of ether oxygens (including phenoxy) is 1. The number of benzene rings is 2. The number of para-hydroxylation sites is 1. The number of halogens is 2. The zero-order valence-electron chi connectivity index (χ0n) is 16.5. The van der Waals surface area contributed by atoms with E-state index in [1.165, 1.54) is 0 Å². The molecule has 0 aliphatic rings. The average Bonchev–Trinajstić information content (AvgIpc) is 3.13. The minimum Gasteiger partial charge on any atom is -0.497 e. The quantitative estimate of drug-likeness (QED) is 0.502. The van der Waals surface area contributed by atoms with E-state index in [1.54, 1.807) is 7.11 Å². The first-order valence-corrected chi connectivity index (χ1v) is 9.53. The second kappa shape index (κ2) is 9.87. The highest BCUT2D eigenvalue weighted by molar-refractivity contribution is 5.91. The normalized spacial score (nSPS) is 10.9. The van der Waals surface area contributed by atoms with E-state index in [4.69, 9.17) is 4.74 Å². The molecule has 3 N–H and O–H groups in total. The molecule has 2 amide bonds. The monoisotopic (exact) mass is 415 g/mol. The van der Waals surface area contributed by atoms with E-state index < -0.39 is 18.9 Å². The standard InChI is InChI=1S/C22H23F2N3O3/c1-30-15-8-6-14(7-9-15)22-17(16-4-2-3-5-18(16)27-22)10-11-20(28)26-13-21(29)25-12-19(23)24/h2-9,19,27H,10-13H2,1H3,(H,25,29)(H,26,28). The topological polar surface area (TPSA) is 83.2 Å². The second-order valence-corrected chi connectivity index (χ2v) is 6.72. The minimum absolute atomic E-state index is 0.160. The Kier molecular flexibility index (Phi) is 7.00. The second-order valence-electron chi connectivity index (χ2n) is 6.72. The summed E-state index contributed by atoms with van der Waals surface area (Å²) in [5, 5.41) is 5.54. The van der Waals surface area contributed by atoms with Crippen molar-refractivity contribution >= 4 is 22.7 Å². The van der Waals surface area contributed by atoms with Crippen LogP contribution in [-0.4, -0.2) is 43.4 Å². The van der Waals surface area contributed by atoms with Crippen molar-refractivity contribution in [2.45, 2.75) is 19.3 Å². The first kappa shape index (κ1) is 21.3. The third-order valence-electron chi connectivity index (χ3n) is 4.69. The van der Waals surface area contributed by atoms with Crippen LogP contribution in [0.15, 0.2) is 48.5 Å². The first-order chi connectivity index (χ1) is 14.5. The van der Waals surface area contributed by atoms with Gasteiger partial charge >= 0.3 is 0 Å². The number of hydrogen-bond acceptors (Lipinski definition) is 3. The van der Waals surface area contributed by atoms with Gasteiger partial charge in [-0.05, 0) is 47.9 Å². The smallest absolute Gasteiger partial charge is 0.255 e. The molecular formula is C22H23F2N3O3. The fourth-order valence-electron chi connectivity index (χ4n) is 3.22. The van der Waals surface area contributed by atoms with Crippen LogP contribution in [0.1, 0.15) is 12.0 Å². The van der Waals surface area contributed by atoms with Gasteiger partial charge in [-0.3, -0.25) is 9.59 Å². The summed E-state index contributed by atoms with van der Waals surface area (Å²) in [5.41, 5.74) is 3.84. The highest BCUT2D eigenvalue weighted by Crippen LogP contribution is 2.32. The van der Waals surface area contributed by atoms with Crippen LogP contribution in [0.25, 0.3) is 22.2 Å². The Bertz CT molecular complexity index is 1020. The molecule has 1 heterocycles. The molecule has 0 radical (unpaired) electrons. The Hall–Kier alpha value is -3.42. The Morgan fingerprint density at radius 2 is 1.77 bits per heavy atom. The Morgan fingerprint density at radius 1 is 1.03 bits per heavy atom. The van der Waals surface area contributed by atoms with Crippen molar-refractivity contribution in [2.75, 3.05) is 20.2 Å². The van der Waals surface area contributed by atoms with Crippen LogP contribution < -0.4 is 15.4 Å². The van der Waals surface area contributed by atoms with Crippen molar-refractivity contribution in [1.29, 1.82) is 0 Å². The summed E-state index contributed by atoms with van der Waals surface area (Å²) < 4.78 is 29.4.